The Morgan fingerprint density at radius 1 is 1.56 bits per heavy atom. The zero-order valence-electron chi connectivity index (χ0n) is 8.33. The van der Waals surface area contributed by atoms with Gasteiger partial charge in [0.15, 0.2) is 0 Å². The molecule has 0 aromatic heterocycles. The highest BCUT2D eigenvalue weighted by atomic mass is 19.4. The van der Waals surface area contributed by atoms with Crippen LogP contribution in [0.1, 0.15) is 12.8 Å². The Balaban J connectivity index is 2.28. The highest BCUT2D eigenvalue weighted by Crippen LogP contribution is 2.27. The number of ether oxygens (including phenoxy) is 1. The molecule has 0 aromatic carbocycles. The summed E-state index contributed by atoms with van der Waals surface area (Å²) in [6.45, 7) is -1.01. The fourth-order valence-electron chi connectivity index (χ4n) is 1.50. The fraction of sp³-hybridized carbons (Fsp3) is 0.875. The van der Waals surface area contributed by atoms with Crippen molar-refractivity contribution in [3.8, 4) is 0 Å². The van der Waals surface area contributed by atoms with E-state index in [0.29, 0.717) is 0 Å². The van der Waals surface area contributed by atoms with Crippen LogP contribution in [-0.2, 0) is 4.74 Å². The standard InChI is InChI=1S/C8H13F3N2O3/c9-8(10,11)6(3-14)13-4-1-5(2-4)16-7(12)15/h4-6,13-14H,1-3H2,(H2,12,15)/t4?,5?,6-/m1/s1. The summed E-state index contributed by atoms with van der Waals surface area (Å²) in [6.07, 6.45) is -5.30. The van der Waals surface area contributed by atoms with Gasteiger partial charge < -0.3 is 20.9 Å². The molecule has 0 aliphatic heterocycles. The summed E-state index contributed by atoms with van der Waals surface area (Å²) in [7, 11) is 0. The first-order valence-electron chi connectivity index (χ1n) is 4.72. The molecule has 0 aromatic rings. The van der Waals surface area contributed by atoms with Gasteiger partial charge >= 0.3 is 12.3 Å². The van der Waals surface area contributed by atoms with Gasteiger partial charge in [0.2, 0.25) is 0 Å². The summed E-state index contributed by atoms with van der Waals surface area (Å²) in [5.74, 6) is 0. The van der Waals surface area contributed by atoms with Gasteiger partial charge in [-0.15, -0.1) is 0 Å². The van der Waals surface area contributed by atoms with Crippen LogP contribution in [0.2, 0.25) is 0 Å². The molecule has 1 aliphatic rings. The molecule has 1 saturated carbocycles. The van der Waals surface area contributed by atoms with Crippen molar-refractivity contribution < 1.29 is 27.8 Å². The molecule has 1 rings (SSSR count). The van der Waals surface area contributed by atoms with Gasteiger partial charge in [-0.1, -0.05) is 0 Å². The van der Waals surface area contributed by atoms with Gasteiger partial charge in [0.1, 0.15) is 12.1 Å². The van der Waals surface area contributed by atoms with Crippen LogP contribution in [0, 0.1) is 0 Å². The predicted molar refractivity (Wildman–Crippen MR) is 47.5 cm³/mol. The summed E-state index contributed by atoms with van der Waals surface area (Å²) in [5, 5.41) is 10.8. The molecule has 16 heavy (non-hydrogen) atoms. The van der Waals surface area contributed by atoms with Crippen LogP contribution in [0.25, 0.3) is 0 Å². The average molecular weight is 242 g/mol. The smallest absolute Gasteiger partial charge is 0.406 e. The number of alkyl halides is 3. The maximum absolute atomic E-state index is 12.2. The normalized spacial score (nSPS) is 27.0. The zero-order chi connectivity index (χ0) is 12.3. The number of hydrogen-bond acceptors (Lipinski definition) is 4. The maximum Gasteiger partial charge on any atom is 0.406 e. The molecule has 1 aliphatic carbocycles. The number of nitrogens with one attached hydrogen (secondary N) is 1. The summed E-state index contributed by atoms with van der Waals surface area (Å²) in [6, 6.07) is -2.35. The molecule has 4 N–H and O–H groups in total. The zero-order valence-corrected chi connectivity index (χ0v) is 8.33. The Kier molecular flexibility index (Phi) is 3.98. The Morgan fingerprint density at radius 2 is 2.12 bits per heavy atom. The molecule has 0 heterocycles. The summed E-state index contributed by atoms with van der Waals surface area (Å²) in [5.41, 5.74) is 4.74. The molecular formula is C8H13F3N2O3. The number of aliphatic hydroxyl groups is 1. The number of amides is 1. The van der Waals surface area contributed by atoms with Crippen LogP contribution in [-0.4, -0.2) is 42.2 Å². The highest BCUT2D eigenvalue weighted by molar-refractivity contribution is 5.64. The van der Waals surface area contributed by atoms with E-state index in [9.17, 15) is 18.0 Å². The third-order valence-electron chi connectivity index (χ3n) is 2.39. The van der Waals surface area contributed by atoms with E-state index >= 15 is 0 Å². The van der Waals surface area contributed by atoms with Gasteiger partial charge in [0.25, 0.3) is 0 Å². The number of halogens is 3. The molecule has 94 valence electrons. The minimum Gasteiger partial charge on any atom is -0.446 e. The second-order valence-corrected chi connectivity index (χ2v) is 3.67. The Hall–Kier alpha value is -1.02. The van der Waals surface area contributed by atoms with E-state index in [1.807, 2.05) is 0 Å². The maximum atomic E-state index is 12.2. The minimum absolute atomic E-state index is 0.273. The van der Waals surface area contributed by atoms with E-state index in [4.69, 9.17) is 10.8 Å². The van der Waals surface area contributed by atoms with Crippen LogP contribution in [0.3, 0.4) is 0 Å². The van der Waals surface area contributed by atoms with Crippen LogP contribution in [0.15, 0.2) is 0 Å². The molecule has 8 heteroatoms. The van der Waals surface area contributed by atoms with Crippen molar-refractivity contribution in [2.75, 3.05) is 6.61 Å². The number of carbonyl (C=O) groups excluding carboxylic acids is 1. The number of primary amides is 1. The van der Waals surface area contributed by atoms with Gasteiger partial charge in [-0.05, 0) is 12.8 Å². The molecule has 0 saturated heterocycles. The molecule has 0 radical (unpaired) electrons. The number of aliphatic hydroxyl groups excluding tert-OH is 1. The van der Waals surface area contributed by atoms with Gasteiger partial charge in [-0.3, -0.25) is 0 Å². The third-order valence-corrected chi connectivity index (χ3v) is 2.39. The lowest BCUT2D eigenvalue weighted by Gasteiger charge is -2.37. The molecule has 0 unspecified atom stereocenters. The van der Waals surface area contributed by atoms with E-state index < -0.39 is 37.1 Å². The van der Waals surface area contributed by atoms with Crippen LogP contribution in [0.4, 0.5) is 18.0 Å². The summed E-state index contributed by atoms with van der Waals surface area (Å²) in [4.78, 5) is 10.3. The summed E-state index contributed by atoms with van der Waals surface area (Å²) < 4.78 is 41.2. The van der Waals surface area contributed by atoms with E-state index in [1.165, 1.54) is 0 Å². The van der Waals surface area contributed by atoms with Crippen LogP contribution in [0.5, 0.6) is 0 Å². The molecular weight excluding hydrogens is 229 g/mol. The highest BCUT2D eigenvalue weighted by Gasteiger charge is 2.43. The lowest BCUT2D eigenvalue weighted by atomic mass is 9.88. The SMILES string of the molecule is NC(=O)OC1CC(N[C@H](CO)C(F)(F)F)C1. The lowest BCUT2D eigenvalue weighted by Crippen LogP contribution is -2.55. The Bertz CT molecular complexity index is 253. The van der Waals surface area contributed by atoms with Crippen LogP contribution >= 0.6 is 0 Å². The topological polar surface area (TPSA) is 84.6 Å². The van der Waals surface area contributed by atoms with Crippen molar-refractivity contribution in [2.24, 2.45) is 5.73 Å². The predicted octanol–water partition coefficient (Wildman–Crippen LogP) is 0.126. The number of nitrogens with two attached hydrogens (primary N) is 1. The first kappa shape index (κ1) is 13.0. The molecule has 0 spiro atoms. The van der Waals surface area contributed by atoms with Gasteiger partial charge in [0, 0.05) is 6.04 Å². The van der Waals surface area contributed by atoms with Gasteiger partial charge in [-0.2, -0.15) is 13.2 Å². The van der Waals surface area contributed by atoms with Crippen molar-refractivity contribution in [3.63, 3.8) is 0 Å². The second-order valence-electron chi connectivity index (χ2n) is 3.67. The van der Waals surface area contributed by atoms with E-state index in [-0.39, 0.29) is 12.8 Å². The number of hydrogen-bond donors (Lipinski definition) is 3. The number of carbonyl (C=O) groups is 1. The molecule has 1 fully saturated rings. The van der Waals surface area contributed by atoms with E-state index in [1.54, 1.807) is 0 Å². The molecule has 5 nitrogen and oxygen atoms in total. The van der Waals surface area contributed by atoms with Gasteiger partial charge in [-0.25, -0.2) is 4.79 Å². The third kappa shape index (κ3) is 3.53. The molecule has 0 bridgehead atoms. The average Bonchev–Trinajstić information content (AvgIpc) is 2.05. The monoisotopic (exact) mass is 242 g/mol. The number of rotatable bonds is 4. The molecule has 1 amide bonds. The van der Waals surface area contributed by atoms with Crippen molar-refractivity contribution in [2.45, 2.75) is 37.2 Å². The quantitative estimate of drug-likeness (QED) is 0.654. The largest absolute Gasteiger partial charge is 0.446 e. The Labute approximate surface area is 89.7 Å². The second kappa shape index (κ2) is 4.88. The fourth-order valence-corrected chi connectivity index (χ4v) is 1.50. The van der Waals surface area contributed by atoms with Crippen molar-refractivity contribution in [1.29, 1.82) is 0 Å². The van der Waals surface area contributed by atoms with E-state index in [0.717, 1.165) is 0 Å². The summed E-state index contributed by atoms with van der Waals surface area (Å²) >= 11 is 0. The minimum atomic E-state index is -4.48. The van der Waals surface area contributed by atoms with Gasteiger partial charge in [0.05, 0.1) is 6.61 Å². The Morgan fingerprint density at radius 3 is 2.50 bits per heavy atom. The van der Waals surface area contributed by atoms with Crippen molar-refractivity contribution in [3.05, 3.63) is 0 Å². The van der Waals surface area contributed by atoms with Crippen LogP contribution < -0.4 is 11.1 Å². The molecule has 1 atom stereocenters. The van der Waals surface area contributed by atoms with E-state index in [2.05, 4.69) is 10.1 Å². The lowest BCUT2D eigenvalue weighted by molar-refractivity contribution is -0.168. The first-order valence-corrected chi connectivity index (χ1v) is 4.72. The van der Waals surface area contributed by atoms with Crippen molar-refractivity contribution in [1.82, 2.24) is 5.32 Å². The first-order chi connectivity index (χ1) is 7.32. The van der Waals surface area contributed by atoms with Crippen molar-refractivity contribution >= 4 is 6.09 Å².